The molecule has 0 bridgehead atoms. The normalized spacial score (nSPS) is 10.5. The van der Waals surface area contributed by atoms with E-state index in [2.05, 4.69) is 5.10 Å². The largest absolute Gasteiger partial charge is 0.476 e. The maximum absolute atomic E-state index is 10.8. The zero-order valence-corrected chi connectivity index (χ0v) is 9.64. The molecule has 88 valence electrons. The Hall–Kier alpha value is -2.30. The van der Waals surface area contributed by atoms with Crippen molar-refractivity contribution in [2.75, 3.05) is 5.73 Å². The maximum atomic E-state index is 10.8. The van der Waals surface area contributed by atoms with Gasteiger partial charge >= 0.3 is 5.97 Å². The monoisotopic (exact) mass is 231 g/mol. The Labute approximate surface area is 98.5 Å². The molecule has 5 nitrogen and oxygen atoms in total. The molecular weight excluding hydrogens is 218 g/mol. The Morgan fingerprint density at radius 3 is 2.59 bits per heavy atom. The number of nitrogen functional groups attached to an aromatic ring is 1. The van der Waals surface area contributed by atoms with Crippen molar-refractivity contribution in [3.8, 4) is 5.69 Å². The average Bonchev–Trinajstić information content (AvgIpc) is 2.65. The summed E-state index contributed by atoms with van der Waals surface area (Å²) in [6.45, 7) is 3.72. The van der Waals surface area contributed by atoms with Crippen molar-refractivity contribution in [1.82, 2.24) is 9.78 Å². The topological polar surface area (TPSA) is 81.1 Å². The molecule has 5 heteroatoms. The molecule has 0 saturated heterocycles. The lowest BCUT2D eigenvalue weighted by atomic mass is 10.2. The fourth-order valence-corrected chi connectivity index (χ4v) is 1.60. The van der Waals surface area contributed by atoms with E-state index < -0.39 is 5.97 Å². The molecule has 2 aromatic rings. The summed E-state index contributed by atoms with van der Waals surface area (Å²) >= 11 is 0. The molecule has 0 saturated carbocycles. The fraction of sp³-hybridized carbons (Fsp3) is 0.167. The van der Waals surface area contributed by atoms with E-state index in [1.54, 1.807) is 17.7 Å². The SMILES string of the molecule is Cc1ccc(-n2nc(C(=O)O)cc2C)cc1N. The minimum atomic E-state index is -1.04. The van der Waals surface area contributed by atoms with Gasteiger partial charge in [-0.2, -0.15) is 5.10 Å². The summed E-state index contributed by atoms with van der Waals surface area (Å²) in [5.74, 6) is -1.04. The Morgan fingerprint density at radius 1 is 1.35 bits per heavy atom. The van der Waals surface area contributed by atoms with Gasteiger partial charge in [-0.05, 0) is 37.6 Å². The van der Waals surface area contributed by atoms with E-state index in [4.69, 9.17) is 10.8 Å². The second-order valence-corrected chi connectivity index (χ2v) is 3.93. The summed E-state index contributed by atoms with van der Waals surface area (Å²) < 4.78 is 1.57. The minimum Gasteiger partial charge on any atom is -0.476 e. The number of nitrogens with two attached hydrogens (primary N) is 1. The molecule has 1 heterocycles. The summed E-state index contributed by atoms with van der Waals surface area (Å²) in [5, 5.41) is 12.9. The average molecular weight is 231 g/mol. The van der Waals surface area contributed by atoms with Crippen LogP contribution in [0.5, 0.6) is 0 Å². The van der Waals surface area contributed by atoms with Crippen LogP contribution >= 0.6 is 0 Å². The maximum Gasteiger partial charge on any atom is 0.356 e. The molecule has 0 aliphatic rings. The zero-order chi connectivity index (χ0) is 12.6. The van der Waals surface area contributed by atoms with Crippen LogP contribution in [0.2, 0.25) is 0 Å². The number of carboxylic acid groups (broad SMARTS) is 1. The molecule has 0 amide bonds. The quantitative estimate of drug-likeness (QED) is 0.772. The van der Waals surface area contributed by atoms with Crippen LogP contribution in [0.15, 0.2) is 24.3 Å². The first-order valence-corrected chi connectivity index (χ1v) is 5.15. The number of hydrogen-bond donors (Lipinski definition) is 2. The van der Waals surface area contributed by atoms with E-state index in [0.29, 0.717) is 5.69 Å². The highest BCUT2D eigenvalue weighted by Gasteiger charge is 2.11. The second-order valence-electron chi connectivity index (χ2n) is 3.93. The Bertz CT molecular complexity index is 587. The highest BCUT2D eigenvalue weighted by Crippen LogP contribution is 2.18. The van der Waals surface area contributed by atoms with Crippen molar-refractivity contribution in [2.45, 2.75) is 13.8 Å². The molecule has 0 radical (unpaired) electrons. The van der Waals surface area contributed by atoms with Gasteiger partial charge in [-0.15, -0.1) is 0 Å². The summed E-state index contributed by atoms with van der Waals surface area (Å²) in [6, 6.07) is 7.04. The highest BCUT2D eigenvalue weighted by atomic mass is 16.4. The van der Waals surface area contributed by atoms with E-state index in [1.807, 2.05) is 19.1 Å². The van der Waals surface area contributed by atoms with Crippen LogP contribution < -0.4 is 5.73 Å². The van der Waals surface area contributed by atoms with Crippen molar-refractivity contribution < 1.29 is 9.90 Å². The van der Waals surface area contributed by atoms with E-state index >= 15 is 0 Å². The van der Waals surface area contributed by atoms with Crippen LogP contribution in [0, 0.1) is 13.8 Å². The number of carboxylic acids is 1. The van der Waals surface area contributed by atoms with E-state index in [-0.39, 0.29) is 5.69 Å². The molecule has 0 atom stereocenters. The van der Waals surface area contributed by atoms with Gasteiger partial charge in [0.15, 0.2) is 5.69 Å². The molecule has 1 aromatic carbocycles. The zero-order valence-electron chi connectivity index (χ0n) is 9.64. The first-order chi connectivity index (χ1) is 7.99. The van der Waals surface area contributed by atoms with Crippen molar-refractivity contribution in [3.63, 3.8) is 0 Å². The Morgan fingerprint density at radius 2 is 2.06 bits per heavy atom. The van der Waals surface area contributed by atoms with Crippen molar-refractivity contribution in [1.29, 1.82) is 0 Å². The molecule has 0 aliphatic heterocycles. The number of hydrogen-bond acceptors (Lipinski definition) is 3. The Kier molecular flexibility index (Phi) is 2.59. The summed E-state index contributed by atoms with van der Waals surface area (Å²) in [6.07, 6.45) is 0. The number of carbonyl (C=O) groups is 1. The van der Waals surface area contributed by atoms with Crippen molar-refractivity contribution in [3.05, 3.63) is 41.2 Å². The van der Waals surface area contributed by atoms with Crippen LogP contribution in [0.3, 0.4) is 0 Å². The van der Waals surface area contributed by atoms with E-state index in [1.165, 1.54) is 6.07 Å². The van der Waals surface area contributed by atoms with Gasteiger partial charge in [-0.25, -0.2) is 9.48 Å². The lowest BCUT2D eigenvalue weighted by Crippen LogP contribution is -2.03. The number of aromatic nitrogens is 2. The molecule has 0 unspecified atom stereocenters. The number of rotatable bonds is 2. The first kappa shape index (κ1) is 11.2. The summed E-state index contributed by atoms with van der Waals surface area (Å²) in [7, 11) is 0. The van der Waals surface area contributed by atoms with Crippen LogP contribution in [-0.2, 0) is 0 Å². The van der Waals surface area contributed by atoms with E-state index in [9.17, 15) is 4.79 Å². The molecule has 3 N–H and O–H groups in total. The predicted octanol–water partition coefficient (Wildman–Crippen LogP) is 1.77. The molecule has 2 rings (SSSR count). The fourth-order valence-electron chi connectivity index (χ4n) is 1.60. The van der Waals surface area contributed by atoms with Gasteiger partial charge in [-0.1, -0.05) is 6.07 Å². The molecule has 1 aromatic heterocycles. The van der Waals surface area contributed by atoms with Gasteiger partial charge in [0, 0.05) is 11.4 Å². The van der Waals surface area contributed by atoms with E-state index in [0.717, 1.165) is 16.9 Å². The minimum absolute atomic E-state index is 0.0293. The lowest BCUT2D eigenvalue weighted by Gasteiger charge is -2.06. The smallest absolute Gasteiger partial charge is 0.356 e. The molecule has 0 fully saturated rings. The highest BCUT2D eigenvalue weighted by molar-refractivity contribution is 5.85. The third-order valence-corrected chi connectivity index (χ3v) is 2.61. The van der Waals surface area contributed by atoms with Gasteiger partial charge in [0.25, 0.3) is 0 Å². The summed E-state index contributed by atoms with van der Waals surface area (Å²) in [5.41, 5.74) is 9.01. The van der Waals surface area contributed by atoms with Gasteiger partial charge in [0.05, 0.1) is 5.69 Å². The van der Waals surface area contributed by atoms with Gasteiger partial charge in [0.1, 0.15) is 0 Å². The van der Waals surface area contributed by atoms with Crippen LogP contribution in [0.1, 0.15) is 21.7 Å². The standard InChI is InChI=1S/C12H13N3O2/c1-7-3-4-9(6-10(7)13)15-8(2)5-11(14-15)12(16)17/h3-6H,13H2,1-2H3,(H,16,17). The molecule has 0 aliphatic carbocycles. The summed E-state index contributed by atoms with van der Waals surface area (Å²) in [4.78, 5) is 10.8. The van der Waals surface area contributed by atoms with Crippen molar-refractivity contribution >= 4 is 11.7 Å². The molecule has 17 heavy (non-hydrogen) atoms. The number of nitrogens with zero attached hydrogens (tertiary/aromatic N) is 2. The third kappa shape index (κ3) is 1.99. The van der Waals surface area contributed by atoms with Crippen LogP contribution in [0.4, 0.5) is 5.69 Å². The first-order valence-electron chi connectivity index (χ1n) is 5.15. The lowest BCUT2D eigenvalue weighted by molar-refractivity contribution is 0.0690. The van der Waals surface area contributed by atoms with Gasteiger partial charge in [-0.3, -0.25) is 0 Å². The van der Waals surface area contributed by atoms with Crippen LogP contribution in [0.25, 0.3) is 5.69 Å². The van der Waals surface area contributed by atoms with Crippen molar-refractivity contribution in [2.24, 2.45) is 0 Å². The van der Waals surface area contributed by atoms with Gasteiger partial charge < -0.3 is 10.8 Å². The van der Waals surface area contributed by atoms with Gasteiger partial charge in [0.2, 0.25) is 0 Å². The van der Waals surface area contributed by atoms with Crippen LogP contribution in [-0.4, -0.2) is 20.9 Å². The number of benzene rings is 1. The number of aromatic carboxylic acids is 1. The number of anilines is 1. The Balaban J connectivity index is 2.52. The number of aryl methyl sites for hydroxylation is 2. The third-order valence-electron chi connectivity index (χ3n) is 2.61. The molecule has 0 spiro atoms. The second kappa shape index (κ2) is 3.93. The predicted molar refractivity (Wildman–Crippen MR) is 64.4 cm³/mol. The molecular formula is C12H13N3O2.